The maximum atomic E-state index is 11.8. The number of nitrogens with one attached hydrogen (secondary N) is 1. The van der Waals surface area contributed by atoms with Crippen molar-refractivity contribution >= 4 is 27.7 Å². The quantitative estimate of drug-likeness (QED) is 0.909. The topological polar surface area (TPSA) is 51.2 Å². The van der Waals surface area contributed by atoms with Gasteiger partial charge in [-0.05, 0) is 37.8 Å². The van der Waals surface area contributed by atoms with Crippen molar-refractivity contribution in [1.82, 2.24) is 4.98 Å². The summed E-state index contributed by atoms with van der Waals surface area (Å²) in [7, 11) is 0. The molecule has 1 amide bonds. The van der Waals surface area contributed by atoms with Crippen LogP contribution in [0.2, 0.25) is 0 Å². The molecule has 0 aromatic carbocycles. The normalized spacial score (nSPS) is 22.3. The molecule has 0 unspecified atom stereocenters. The van der Waals surface area contributed by atoms with E-state index in [9.17, 15) is 4.79 Å². The van der Waals surface area contributed by atoms with Crippen LogP contribution >= 0.6 is 15.9 Å². The Morgan fingerprint density at radius 2 is 2.39 bits per heavy atom. The molecule has 0 bridgehead atoms. The third kappa shape index (κ3) is 3.78. The minimum absolute atomic E-state index is 0.0283. The van der Waals surface area contributed by atoms with Crippen molar-refractivity contribution in [2.75, 3.05) is 11.9 Å². The number of hydrogen-bond acceptors (Lipinski definition) is 3. The zero-order valence-electron chi connectivity index (χ0n) is 10.4. The number of pyridine rings is 1. The number of carbonyl (C=O) groups is 1. The summed E-state index contributed by atoms with van der Waals surface area (Å²) in [6, 6.07) is 3.62. The summed E-state index contributed by atoms with van der Waals surface area (Å²) in [5, 5.41) is 2.81. The molecule has 0 aliphatic heterocycles. The second-order valence-corrected chi connectivity index (χ2v) is 5.44. The SMILES string of the molecule is CCOC1CC(CC(=O)Nc2cc(Br)ccn2)C1. The Kier molecular flexibility index (Phi) is 4.72. The smallest absolute Gasteiger partial charge is 0.225 e. The Bertz CT molecular complexity index is 419. The summed E-state index contributed by atoms with van der Waals surface area (Å²) < 4.78 is 6.38. The Hall–Kier alpha value is -0.940. The van der Waals surface area contributed by atoms with Crippen LogP contribution in [0.5, 0.6) is 0 Å². The van der Waals surface area contributed by atoms with Gasteiger partial charge in [-0.3, -0.25) is 4.79 Å². The van der Waals surface area contributed by atoms with Gasteiger partial charge in [0.25, 0.3) is 0 Å². The van der Waals surface area contributed by atoms with Crippen molar-refractivity contribution in [2.24, 2.45) is 5.92 Å². The molecular formula is C13H17BrN2O2. The van der Waals surface area contributed by atoms with Gasteiger partial charge in [0.15, 0.2) is 0 Å². The van der Waals surface area contributed by atoms with Gasteiger partial charge in [0.05, 0.1) is 6.10 Å². The van der Waals surface area contributed by atoms with Crippen LogP contribution in [-0.2, 0) is 9.53 Å². The first-order valence-corrected chi connectivity index (χ1v) is 6.99. The van der Waals surface area contributed by atoms with Crippen molar-refractivity contribution in [3.05, 3.63) is 22.8 Å². The summed E-state index contributed by atoms with van der Waals surface area (Å²) in [6.45, 7) is 2.75. The molecule has 1 aromatic rings. The second kappa shape index (κ2) is 6.29. The number of rotatable bonds is 5. The van der Waals surface area contributed by atoms with Crippen LogP contribution in [0.4, 0.5) is 5.82 Å². The molecule has 1 aliphatic rings. The minimum atomic E-state index is 0.0283. The molecule has 1 N–H and O–H groups in total. The van der Waals surface area contributed by atoms with Gasteiger partial charge in [-0.15, -0.1) is 0 Å². The van der Waals surface area contributed by atoms with Gasteiger partial charge in [-0.1, -0.05) is 15.9 Å². The van der Waals surface area contributed by atoms with Crippen molar-refractivity contribution in [3.8, 4) is 0 Å². The third-order valence-electron chi connectivity index (χ3n) is 3.06. The highest BCUT2D eigenvalue weighted by Gasteiger charge is 2.31. The van der Waals surface area contributed by atoms with Crippen molar-refractivity contribution < 1.29 is 9.53 Å². The molecule has 1 aliphatic carbocycles. The average molecular weight is 313 g/mol. The highest BCUT2D eigenvalue weighted by atomic mass is 79.9. The number of anilines is 1. The molecule has 1 fully saturated rings. The van der Waals surface area contributed by atoms with Crippen LogP contribution in [0, 0.1) is 5.92 Å². The lowest BCUT2D eigenvalue weighted by Gasteiger charge is -2.34. The van der Waals surface area contributed by atoms with Crippen LogP contribution in [0.1, 0.15) is 26.2 Å². The predicted molar refractivity (Wildman–Crippen MR) is 73.3 cm³/mol. The van der Waals surface area contributed by atoms with Gasteiger partial charge in [0, 0.05) is 23.7 Å². The van der Waals surface area contributed by atoms with Crippen LogP contribution in [-0.4, -0.2) is 23.6 Å². The van der Waals surface area contributed by atoms with E-state index < -0.39 is 0 Å². The fourth-order valence-corrected chi connectivity index (χ4v) is 2.48. The first kappa shape index (κ1) is 13.5. The van der Waals surface area contributed by atoms with E-state index in [4.69, 9.17) is 4.74 Å². The van der Waals surface area contributed by atoms with Crippen LogP contribution < -0.4 is 5.32 Å². The molecule has 1 saturated carbocycles. The van der Waals surface area contributed by atoms with E-state index in [2.05, 4.69) is 26.2 Å². The Balaban J connectivity index is 1.73. The van der Waals surface area contributed by atoms with E-state index in [-0.39, 0.29) is 5.91 Å². The monoisotopic (exact) mass is 312 g/mol. The molecule has 1 heterocycles. The molecule has 0 saturated heterocycles. The molecule has 1 aromatic heterocycles. The fourth-order valence-electron chi connectivity index (χ4n) is 2.14. The molecule has 0 radical (unpaired) electrons. The van der Waals surface area contributed by atoms with E-state index in [1.807, 2.05) is 13.0 Å². The van der Waals surface area contributed by atoms with Gasteiger partial charge >= 0.3 is 0 Å². The van der Waals surface area contributed by atoms with Crippen LogP contribution in [0.3, 0.4) is 0 Å². The Morgan fingerprint density at radius 1 is 1.61 bits per heavy atom. The highest BCUT2D eigenvalue weighted by Crippen LogP contribution is 2.32. The van der Waals surface area contributed by atoms with Gasteiger partial charge in [-0.2, -0.15) is 0 Å². The summed E-state index contributed by atoms with van der Waals surface area (Å²) >= 11 is 3.35. The molecular weight excluding hydrogens is 296 g/mol. The van der Waals surface area contributed by atoms with Gasteiger partial charge in [-0.25, -0.2) is 4.98 Å². The number of carbonyl (C=O) groups excluding carboxylic acids is 1. The molecule has 2 rings (SSSR count). The highest BCUT2D eigenvalue weighted by molar-refractivity contribution is 9.10. The maximum Gasteiger partial charge on any atom is 0.225 e. The molecule has 0 atom stereocenters. The summed E-state index contributed by atoms with van der Waals surface area (Å²) in [5.74, 6) is 1.07. The molecule has 18 heavy (non-hydrogen) atoms. The zero-order chi connectivity index (χ0) is 13.0. The molecule has 0 spiro atoms. The number of hydrogen-bond donors (Lipinski definition) is 1. The van der Waals surface area contributed by atoms with E-state index >= 15 is 0 Å². The molecule has 4 nitrogen and oxygen atoms in total. The van der Waals surface area contributed by atoms with Gasteiger partial charge in [0.1, 0.15) is 5.82 Å². The number of ether oxygens (including phenoxy) is 1. The lowest BCUT2D eigenvalue weighted by Crippen LogP contribution is -2.33. The lowest BCUT2D eigenvalue weighted by atomic mass is 9.80. The van der Waals surface area contributed by atoms with E-state index in [1.165, 1.54) is 0 Å². The minimum Gasteiger partial charge on any atom is -0.378 e. The third-order valence-corrected chi connectivity index (χ3v) is 3.55. The van der Waals surface area contributed by atoms with Crippen LogP contribution in [0.15, 0.2) is 22.8 Å². The Morgan fingerprint density at radius 3 is 3.06 bits per heavy atom. The standard InChI is InChI=1S/C13H17BrN2O2/c1-2-18-11-5-9(6-11)7-13(17)16-12-8-10(14)3-4-15-12/h3-4,8-9,11H,2,5-7H2,1H3,(H,15,16,17). The summed E-state index contributed by atoms with van der Waals surface area (Å²) in [6.07, 6.45) is 4.56. The molecule has 98 valence electrons. The first-order valence-electron chi connectivity index (χ1n) is 6.20. The van der Waals surface area contributed by atoms with Crippen molar-refractivity contribution in [1.29, 1.82) is 0 Å². The summed E-state index contributed by atoms with van der Waals surface area (Å²) in [5.41, 5.74) is 0. The van der Waals surface area contributed by atoms with Crippen LogP contribution in [0.25, 0.3) is 0 Å². The lowest BCUT2D eigenvalue weighted by molar-refractivity contribution is -0.119. The number of halogens is 1. The van der Waals surface area contributed by atoms with Crippen molar-refractivity contribution in [2.45, 2.75) is 32.3 Å². The Labute approximate surface area is 115 Å². The second-order valence-electron chi connectivity index (χ2n) is 4.53. The van der Waals surface area contributed by atoms with Crippen molar-refractivity contribution in [3.63, 3.8) is 0 Å². The number of nitrogens with zero attached hydrogens (tertiary/aromatic N) is 1. The molecule has 5 heteroatoms. The largest absolute Gasteiger partial charge is 0.378 e. The first-order chi connectivity index (χ1) is 8.67. The number of amides is 1. The van der Waals surface area contributed by atoms with Gasteiger partial charge < -0.3 is 10.1 Å². The average Bonchev–Trinajstić information content (AvgIpc) is 2.26. The van der Waals surface area contributed by atoms with E-state index in [0.29, 0.717) is 24.3 Å². The number of aromatic nitrogens is 1. The predicted octanol–water partition coefficient (Wildman–Crippen LogP) is 2.99. The maximum absolute atomic E-state index is 11.8. The van der Waals surface area contributed by atoms with E-state index in [0.717, 1.165) is 23.9 Å². The summed E-state index contributed by atoms with van der Waals surface area (Å²) in [4.78, 5) is 15.9. The van der Waals surface area contributed by atoms with E-state index in [1.54, 1.807) is 12.3 Å². The fraction of sp³-hybridized carbons (Fsp3) is 0.538. The zero-order valence-corrected chi connectivity index (χ0v) is 11.9. The van der Waals surface area contributed by atoms with Gasteiger partial charge in [0.2, 0.25) is 5.91 Å².